The van der Waals surface area contributed by atoms with E-state index in [4.69, 9.17) is 0 Å². The second-order valence-corrected chi connectivity index (χ2v) is 5.35. The Hall–Kier alpha value is -3.61. The third kappa shape index (κ3) is 2.94. The van der Waals surface area contributed by atoms with Gasteiger partial charge in [-0.05, 0) is 36.4 Å². The van der Waals surface area contributed by atoms with Crippen molar-refractivity contribution in [1.29, 1.82) is 0 Å². The molecule has 6 nitrogen and oxygen atoms in total. The zero-order valence-electron chi connectivity index (χ0n) is 12.9. The van der Waals surface area contributed by atoms with Gasteiger partial charge in [0.25, 0.3) is 5.91 Å². The molecule has 0 spiro atoms. The number of nitrogens with zero attached hydrogens (tertiary/aromatic N) is 4. The zero-order chi connectivity index (χ0) is 17.2. The van der Waals surface area contributed by atoms with Gasteiger partial charge in [-0.15, -0.1) is 0 Å². The molecule has 25 heavy (non-hydrogen) atoms. The van der Waals surface area contributed by atoms with Crippen LogP contribution in [0.4, 0.5) is 10.2 Å². The van der Waals surface area contributed by atoms with E-state index < -0.39 is 0 Å². The van der Waals surface area contributed by atoms with Crippen LogP contribution in [0.5, 0.6) is 0 Å². The van der Waals surface area contributed by atoms with E-state index in [2.05, 4.69) is 20.4 Å². The molecule has 3 heterocycles. The summed E-state index contributed by atoms with van der Waals surface area (Å²) >= 11 is 0. The lowest BCUT2D eigenvalue weighted by Gasteiger charge is -2.09. The van der Waals surface area contributed by atoms with Crippen LogP contribution >= 0.6 is 0 Å². The molecule has 1 N–H and O–H groups in total. The summed E-state index contributed by atoms with van der Waals surface area (Å²) in [6, 6.07) is 11.1. The highest BCUT2D eigenvalue weighted by Crippen LogP contribution is 2.18. The number of hydrogen-bond donors (Lipinski definition) is 1. The van der Waals surface area contributed by atoms with Gasteiger partial charge in [-0.2, -0.15) is 5.10 Å². The Bertz CT molecular complexity index is 1060. The predicted octanol–water partition coefficient (Wildman–Crippen LogP) is 3.21. The van der Waals surface area contributed by atoms with E-state index in [1.807, 2.05) is 0 Å². The van der Waals surface area contributed by atoms with Gasteiger partial charge in [0.05, 0.1) is 23.0 Å². The smallest absolute Gasteiger partial charge is 0.258 e. The highest BCUT2D eigenvalue weighted by Gasteiger charge is 2.12. The Kier molecular flexibility index (Phi) is 3.66. The fourth-order valence-electron chi connectivity index (χ4n) is 2.50. The van der Waals surface area contributed by atoms with Crippen LogP contribution in [0, 0.1) is 5.82 Å². The Morgan fingerprint density at radius 3 is 2.72 bits per heavy atom. The monoisotopic (exact) mass is 333 g/mol. The van der Waals surface area contributed by atoms with E-state index in [1.54, 1.807) is 53.6 Å². The molecule has 4 rings (SSSR count). The minimum atomic E-state index is -0.373. The van der Waals surface area contributed by atoms with Crippen molar-refractivity contribution in [2.24, 2.45) is 0 Å². The maximum Gasteiger partial charge on any atom is 0.258 e. The van der Waals surface area contributed by atoms with Gasteiger partial charge in [-0.1, -0.05) is 0 Å². The second-order valence-electron chi connectivity index (χ2n) is 5.35. The maximum atomic E-state index is 13.4. The van der Waals surface area contributed by atoms with Crippen molar-refractivity contribution in [3.05, 3.63) is 78.6 Å². The average molecular weight is 333 g/mol. The summed E-state index contributed by atoms with van der Waals surface area (Å²) in [6.45, 7) is 0. The lowest BCUT2D eigenvalue weighted by atomic mass is 10.1. The van der Waals surface area contributed by atoms with Crippen molar-refractivity contribution in [1.82, 2.24) is 19.7 Å². The third-order valence-corrected chi connectivity index (χ3v) is 3.70. The first-order valence-electron chi connectivity index (χ1n) is 7.52. The second kappa shape index (κ2) is 6.12. The maximum absolute atomic E-state index is 13.4. The summed E-state index contributed by atoms with van der Waals surface area (Å²) in [5, 5.41) is 7.56. The standard InChI is InChI=1S/C18H12FN5O/c19-14-1-2-16-12(10-14)9-13(11-21-16)18(25)23-17-5-8-22-24(17)15-3-6-20-7-4-15/h1-11H,(H,23,25). The number of halogens is 1. The molecule has 7 heteroatoms. The van der Waals surface area contributed by atoms with Crippen LogP contribution in [0.3, 0.4) is 0 Å². The molecule has 0 aliphatic rings. The van der Waals surface area contributed by atoms with E-state index in [9.17, 15) is 9.18 Å². The quantitative estimate of drug-likeness (QED) is 0.625. The Morgan fingerprint density at radius 2 is 1.88 bits per heavy atom. The number of anilines is 1. The Morgan fingerprint density at radius 1 is 1.04 bits per heavy atom. The van der Waals surface area contributed by atoms with Crippen LogP contribution in [0.15, 0.2) is 67.3 Å². The third-order valence-electron chi connectivity index (χ3n) is 3.70. The highest BCUT2D eigenvalue weighted by atomic mass is 19.1. The number of aromatic nitrogens is 4. The van der Waals surface area contributed by atoms with Gasteiger partial charge in [-0.25, -0.2) is 9.07 Å². The van der Waals surface area contributed by atoms with Gasteiger partial charge in [0, 0.05) is 30.0 Å². The summed E-state index contributed by atoms with van der Waals surface area (Å²) < 4.78 is 15.0. The Balaban J connectivity index is 1.64. The van der Waals surface area contributed by atoms with Crippen LogP contribution in [0.25, 0.3) is 16.6 Å². The van der Waals surface area contributed by atoms with Crippen molar-refractivity contribution in [2.45, 2.75) is 0 Å². The summed E-state index contributed by atoms with van der Waals surface area (Å²) in [5.74, 6) is -0.215. The van der Waals surface area contributed by atoms with Gasteiger partial charge < -0.3 is 5.32 Å². The van der Waals surface area contributed by atoms with Crippen molar-refractivity contribution in [3.63, 3.8) is 0 Å². The number of pyridine rings is 2. The van der Waals surface area contributed by atoms with Crippen LogP contribution in [0.1, 0.15) is 10.4 Å². The van der Waals surface area contributed by atoms with Crippen LogP contribution in [0.2, 0.25) is 0 Å². The van der Waals surface area contributed by atoms with Crippen molar-refractivity contribution < 1.29 is 9.18 Å². The van der Waals surface area contributed by atoms with E-state index in [-0.39, 0.29) is 11.7 Å². The normalized spacial score (nSPS) is 10.8. The Labute approximate surface area is 142 Å². The van der Waals surface area contributed by atoms with Gasteiger partial charge in [0.2, 0.25) is 0 Å². The molecule has 3 aromatic heterocycles. The summed E-state index contributed by atoms with van der Waals surface area (Å²) in [6.07, 6.45) is 6.33. The lowest BCUT2D eigenvalue weighted by Crippen LogP contribution is -2.15. The van der Waals surface area contributed by atoms with E-state index in [0.717, 1.165) is 5.69 Å². The molecule has 0 aliphatic carbocycles. The van der Waals surface area contributed by atoms with Crippen molar-refractivity contribution in [2.75, 3.05) is 5.32 Å². The summed E-state index contributed by atoms with van der Waals surface area (Å²) in [4.78, 5) is 20.7. The van der Waals surface area contributed by atoms with Crippen LogP contribution in [-0.4, -0.2) is 25.7 Å². The number of nitrogens with one attached hydrogen (secondary N) is 1. The molecule has 4 aromatic rings. The first kappa shape index (κ1) is 14.9. The van der Waals surface area contributed by atoms with Gasteiger partial charge in [0.15, 0.2) is 0 Å². The molecule has 0 saturated heterocycles. The van der Waals surface area contributed by atoms with E-state index >= 15 is 0 Å². The number of benzene rings is 1. The fraction of sp³-hybridized carbons (Fsp3) is 0. The zero-order valence-corrected chi connectivity index (χ0v) is 12.9. The molecule has 122 valence electrons. The average Bonchev–Trinajstić information content (AvgIpc) is 3.10. The van der Waals surface area contributed by atoms with Crippen LogP contribution < -0.4 is 5.32 Å². The highest BCUT2D eigenvalue weighted by molar-refractivity contribution is 6.05. The van der Waals surface area contributed by atoms with E-state index in [1.165, 1.54) is 18.3 Å². The van der Waals surface area contributed by atoms with Crippen molar-refractivity contribution in [3.8, 4) is 5.69 Å². The molecule has 0 fully saturated rings. The molecule has 1 aromatic carbocycles. The lowest BCUT2D eigenvalue weighted by molar-refractivity contribution is 0.102. The molecule has 0 radical (unpaired) electrons. The van der Waals surface area contributed by atoms with Crippen LogP contribution in [-0.2, 0) is 0 Å². The first-order chi connectivity index (χ1) is 12.2. The molecule has 0 saturated carbocycles. The number of hydrogen-bond acceptors (Lipinski definition) is 4. The number of fused-ring (bicyclic) bond motifs is 1. The molecule has 0 atom stereocenters. The number of rotatable bonds is 3. The van der Waals surface area contributed by atoms with Gasteiger partial charge in [-0.3, -0.25) is 14.8 Å². The van der Waals surface area contributed by atoms with Gasteiger partial charge >= 0.3 is 0 Å². The SMILES string of the molecule is O=C(Nc1ccnn1-c1ccncc1)c1cnc2ccc(F)cc2c1. The molecule has 0 aliphatic heterocycles. The number of carbonyl (C=O) groups excluding carboxylic acids is 1. The largest absolute Gasteiger partial charge is 0.306 e. The van der Waals surface area contributed by atoms with Crippen molar-refractivity contribution >= 4 is 22.6 Å². The topological polar surface area (TPSA) is 72.7 Å². The van der Waals surface area contributed by atoms with E-state index in [0.29, 0.717) is 22.3 Å². The first-order valence-corrected chi connectivity index (χ1v) is 7.52. The molecule has 1 amide bonds. The predicted molar refractivity (Wildman–Crippen MR) is 91.0 cm³/mol. The minimum Gasteiger partial charge on any atom is -0.306 e. The summed E-state index contributed by atoms with van der Waals surface area (Å²) in [5.41, 5.74) is 1.73. The fourth-order valence-corrected chi connectivity index (χ4v) is 2.50. The minimum absolute atomic E-state index is 0.334. The summed E-state index contributed by atoms with van der Waals surface area (Å²) in [7, 11) is 0. The molecular weight excluding hydrogens is 321 g/mol. The van der Waals surface area contributed by atoms with Gasteiger partial charge in [0.1, 0.15) is 11.6 Å². The number of carbonyl (C=O) groups is 1. The molecule has 0 unspecified atom stereocenters. The molecular formula is C18H12FN5O. The number of amides is 1. The molecule has 0 bridgehead atoms.